The van der Waals surface area contributed by atoms with E-state index in [1.54, 1.807) is 32.1 Å². The van der Waals surface area contributed by atoms with Crippen molar-refractivity contribution < 1.29 is 9.53 Å². The van der Waals surface area contributed by atoms with Gasteiger partial charge in [-0.3, -0.25) is 19.1 Å². The number of methoxy groups -OCH3 is 1. The van der Waals surface area contributed by atoms with Crippen molar-refractivity contribution in [2.45, 2.75) is 13.5 Å². The van der Waals surface area contributed by atoms with E-state index in [-0.39, 0.29) is 17.0 Å². The summed E-state index contributed by atoms with van der Waals surface area (Å²) < 4.78 is 7.21. The van der Waals surface area contributed by atoms with Gasteiger partial charge in [-0.15, -0.1) is 0 Å². The highest BCUT2D eigenvalue weighted by molar-refractivity contribution is 8.26. The minimum Gasteiger partial charge on any atom is -0.497 e. The number of anilines is 1. The summed E-state index contributed by atoms with van der Waals surface area (Å²) in [6.45, 7) is 3.72. The fraction of sp³-hybridized carbons (Fsp3) is 0.333. The van der Waals surface area contributed by atoms with Crippen LogP contribution in [0.4, 0.5) is 5.82 Å². The first kappa shape index (κ1) is 24.4. The van der Waals surface area contributed by atoms with E-state index in [0.717, 1.165) is 47.3 Å². The van der Waals surface area contributed by atoms with Crippen molar-refractivity contribution in [3.05, 3.63) is 61.8 Å². The van der Waals surface area contributed by atoms with Gasteiger partial charge < -0.3 is 9.64 Å². The lowest BCUT2D eigenvalue weighted by Gasteiger charge is -2.32. The molecule has 0 radical (unpaired) electrons. The van der Waals surface area contributed by atoms with Crippen LogP contribution in [0.5, 0.6) is 5.75 Å². The van der Waals surface area contributed by atoms with Crippen LogP contribution in [0.25, 0.3) is 6.08 Å². The van der Waals surface area contributed by atoms with E-state index in [2.05, 4.69) is 4.90 Å². The molecule has 0 atom stereocenters. The maximum atomic E-state index is 13.3. The quantitative estimate of drug-likeness (QED) is 0.445. The second kappa shape index (κ2) is 10.3. The number of nitriles is 1. The summed E-state index contributed by atoms with van der Waals surface area (Å²) >= 11 is 8.64. The second-order valence-electron chi connectivity index (χ2n) is 7.93. The van der Waals surface area contributed by atoms with E-state index in [9.17, 15) is 14.9 Å². The van der Waals surface area contributed by atoms with Crippen LogP contribution >= 0.6 is 35.7 Å². The average molecular weight is 513 g/mol. The normalized spacial score (nSPS) is 17.4. The molecule has 2 aliphatic rings. The molecular formula is C24H24N4O3S3. The topological polar surface area (TPSA) is 78.6 Å². The zero-order chi connectivity index (χ0) is 24.4. The maximum absolute atomic E-state index is 13.3. The summed E-state index contributed by atoms with van der Waals surface area (Å²) in [6, 6.07) is 9.56. The van der Waals surface area contributed by atoms with Crippen molar-refractivity contribution in [1.82, 2.24) is 9.47 Å². The number of hydrogen-bond acceptors (Lipinski definition) is 8. The van der Waals surface area contributed by atoms with E-state index in [0.29, 0.717) is 21.3 Å². The molecule has 2 fully saturated rings. The Morgan fingerprint density at radius 2 is 1.88 bits per heavy atom. The van der Waals surface area contributed by atoms with E-state index in [1.807, 2.05) is 42.1 Å². The van der Waals surface area contributed by atoms with Crippen LogP contribution in [0.1, 0.15) is 22.3 Å². The maximum Gasteiger partial charge on any atom is 0.270 e. The molecule has 34 heavy (non-hydrogen) atoms. The van der Waals surface area contributed by atoms with Gasteiger partial charge in [-0.25, -0.2) is 0 Å². The molecule has 4 rings (SSSR count). The monoisotopic (exact) mass is 512 g/mol. The number of hydrogen-bond donors (Lipinski definition) is 0. The fourth-order valence-corrected chi connectivity index (χ4v) is 6.19. The Bertz CT molecular complexity index is 1270. The first-order chi connectivity index (χ1) is 16.3. The number of amides is 1. The van der Waals surface area contributed by atoms with Crippen molar-refractivity contribution in [2.75, 3.05) is 36.6 Å². The number of aromatic nitrogens is 1. The van der Waals surface area contributed by atoms with E-state index < -0.39 is 0 Å². The highest BCUT2D eigenvalue weighted by Crippen LogP contribution is 2.36. The Morgan fingerprint density at radius 3 is 2.50 bits per heavy atom. The Kier molecular flexibility index (Phi) is 7.36. The molecule has 176 valence electrons. The zero-order valence-electron chi connectivity index (χ0n) is 19.2. The van der Waals surface area contributed by atoms with E-state index in [1.165, 1.54) is 16.3 Å². The van der Waals surface area contributed by atoms with Crippen LogP contribution < -0.4 is 15.2 Å². The highest BCUT2D eigenvalue weighted by atomic mass is 32.2. The molecule has 0 spiro atoms. The number of carbonyl (C=O) groups is 1. The van der Waals surface area contributed by atoms with Gasteiger partial charge in [-0.05, 0) is 36.3 Å². The highest BCUT2D eigenvalue weighted by Gasteiger charge is 2.33. The molecule has 1 aromatic heterocycles. The summed E-state index contributed by atoms with van der Waals surface area (Å²) in [5, 5.41) is 9.64. The molecule has 2 aromatic rings. The Hall–Kier alpha value is -2.74. The summed E-state index contributed by atoms with van der Waals surface area (Å²) in [5.41, 5.74) is 2.01. The predicted octanol–water partition coefficient (Wildman–Crippen LogP) is 3.53. The number of thiocarbonyl (C=S) groups is 1. The third-order valence-corrected chi connectivity index (χ3v) is 8.25. The SMILES string of the molecule is COc1ccc(CN2C(=O)C(=Cc3c(C)c(C#N)c(=O)n(C)c3N3CCSCC3)SC2=S)cc1. The van der Waals surface area contributed by atoms with Crippen molar-refractivity contribution in [2.24, 2.45) is 7.05 Å². The zero-order valence-corrected chi connectivity index (χ0v) is 21.6. The van der Waals surface area contributed by atoms with Crippen molar-refractivity contribution in [3.8, 4) is 11.8 Å². The van der Waals surface area contributed by atoms with Gasteiger partial charge in [0.1, 0.15) is 27.5 Å². The standard InChI is InChI=1S/C24H24N4O3S3/c1-15-18(21(27-8-10-33-11-9-27)26(2)22(29)19(15)13-25)12-20-23(30)28(24(32)34-20)14-16-4-6-17(31-3)7-5-16/h4-7,12H,8-11,14H2,1-3H3. The Labute approximate surface area is 212 Å². The number of benzene rings is 1. The van der Waals surface area contributed by atoms with Crippen molar-refractivity contribution >= 4 is 57.9 Å². The third-order valence-electron chi connectivity index (χ3n) is 5.93. The van der Waals surface area contributed by atoms with Gasteiger partial charge in [-0.1, -0.05) is 36.1 Å². The molecule has 2 aliphatic heterocycles. The molecule has 1 aromatic carbocycles. The fourth-order valence-electron chi connectivity index (χ4n) is 4.05. The number of rotatable bonds is 5. The van der Waals surface area contributed by atoms with E-state index in [4.69, 9.17) is 17.0 Å². The number of ether oxygens (including phenoxy) is 1. The first-order valence-electron chi connectivity index (χ1n) is 10.7. The number of carbonyl (C=O) groups excluding carboxylic acids is 1. The van der Waals surface area contributed by atoms with Crippen LogP contribution in [0, 0.1) is 18.3 Å². The lowest BCUT2D eigenvalue weighted by atomic mass is 10.0. The molecule has 7 nitrogen and oxygen atoms in total. The van der Waals surface area contributed by atoms with Gasteiger partial charge in [0.25, 0.3) is 11.5 Å². The van der Waals surface area contributed by atoms with Gasteiger partial charge in [0.05, 0.1) is 18.6 Å². The van der Waals surface area contributed by atoms with Gasteiger partial charge in [0.2, 0.25) is 0 Å². The van der Waals surface area contributed by atoms with Gasteiger partial charge >= 0.3 is 0 Å². The first-order valence-corrected chi connectivity index (χ1v) is 13.1. The minimum absolute atomic E-state index is 0.0950. The summed E-state index contributed by atoms with van der Waals surface area (Å²) in [7, 11) is 3.30. The average Bonchev–Trinajstić information content (AvgIpc) is 3.11. The van der Waals surface area contributed by atoms with Crippen LogP contribution in [-0.4, -0.2) is 51.4 Å². The number of nitrogens with zero attached hydrogens (tertiary/aromatic N) is 4. The van der Waals surface area contributed by atoms with E-state index >= 15 is 0 Å². The molecule has 0 unspecified atom stereocenters. The number of pyridine rings is 1. The molecule has 0 N–H and O–H groups in total. The minimum atomic E-state index is -0.322. The van der Waals surface area contributed by atoms with Crippen LogP contribution in [-0.2, 0) is 18.4 Å². The predicted molar refractivity (Wildman–Crippen MR) is 142 cm³/mol. The Morgan fingerprint density at radius 1 is 1.21 bits per heavy atom. The molecule has 3 heterocycles. The molecule has 1 amide bonds. The lowest BCUT2D eigenvalue weighted by molar-refractivity contribution is -0.122. The second-order valence-corrected chi connectivity index (χ2v) is 10.8. The molecular weight excluding hydrogens is 488 g/mol. The molecule has 0 saturated carbocycles. The lowest BCUT2D eigenvalue weighted by Crippen LogP contribution is -2.38. The summed E-state index contributed by atoms with van der Waals surface area (Å²) in [6.07, 6.45) is 1.79. The molecule has 2 saturated heterocycles. The van der Waals surface area contributed by atoms with Gasteiger partial charge in [0, 0.05) is 37.2 Å². The third kappa shape index (κ3) is 4.60. The van der Waals surface area contributed by atoms with Crippen LogP contribution in [0.15, 0.2) is 34.0 Å². The van der Waals surface area contributed by atoms with Gasteiger partial charge in [0.15, 0.2) is 0 Å². The van der Waals surface area contributed by atoms with Crippen molar-refractivity contribution in [3.63, 3.8) is 0 Å². The molecule has 10 heteroatoms. The molecule has 0 aliphatic carbocycles. The largest absolute Gasteiger partial charge is 0.497 e. The summed E-state index contributed by atoms with van der Waals surface area (Å²) in [5.74, 6) is 3.21. The summed E-state index contributed by atoms with van der Waals surface area (Å²) in [4.78, 5) is 30.4. The Balaban J connectivity index is 1.73. The smallest absolute Gasteiger partial charge is 0.270 e. The van der Waals surface area contributed by atoms with Crippen LogP contribution in [0.3, 0.4) is 0 Å². The number of thioether (sulfide) groups is 2. The van der Waals surface area contributed by atoms with Crippen LogP contribution in [0.2, 0.25) is 0 Å². The van der Waals surface area contributed by atoms with Crippen molar-refractivity contribution in [1.29, 1.82) is 5.26 Å². The molecule has 0 bridgehead atoms. The van der Waals surface area contributed by atoms with Gasteiger partial charge in [-0.2, -0.15) is 17.0 Å².